The summed E-state index contributed by atoms with van der Waals surface area (Å²) in [5.74, 6) is 2.63. The van der Waals surface area contributed by atoms with Crippen LogP contribution in [-0.4, -0.2) is 44.7 Å². The maximum Gasteiger partial charge on any atom is 0.405 e. The highest BCUT2D eigenvalue weighted by atomic mass is 16.4. The van der Waals surface area contributed by atoms with Gasteiger partial charge in [0.15, 0.2) is 5.82 Å². The molecule has 2 aromatic carbocycles. The molecule has 4 rings (SSSR count). The average molecular weight is 526 g/mol. The molecule has 4 aromatic rings. The smallest absolute Gasteiger partial charge is 0.405 e. The summed E-state index contributed by atoms with van der Waals surface area (Å²) < 4.78 is 0. The van der Waals surface area contributed by atoms with Gasteiger partial charge in [0.05, 0.1) is 6.04 Å². The van der Waals surface area contributed by atoms with Crippen LogP contribution in [-0.2, 0) is 6.42 Å². The first kappa shape index (κ1) is 27.5. The van der Waals surface area contributed by atoms with Crippen molar-refractivity contribution < 1.29 is 9.90 Å². The zero-order chi connectivity index (χ0) is 27.8. The van der Waals surface area contributed by atoms with Gasteiger partial charge in [0.1, 0.15) is 11.6 Å². The number of nitrogens with one attached hydrogen (secondary N) is 2. The first-order valence-corrected chi connectivity index (χ1v) is 13.0. The SMILES string of the molecule is CN(c1ccnc(NCCc2ccc([C@H](CC(C)(C)C)NC(=O)O)cc2)n1)c1ccnc(-c2ccccc2)n1. The van der Waals surface area contributed by atoms with Crippen molar-refractivity contribution in [1.29, 1.82) is 0 Å². The van der Waals surface area contributed by atoms with E-state index >= 15 is 0 Å². The van der Waals surface area contributed by atoms with Crippen molar-refractivity contribution in [2.75, 3.05) is 23.8 Å². The van der Waals surface area contributed by atoms with Gasteiger partial charge in [0.2, 0.25) is 5.95 Å². The van der Waals surface area contributed by atoms with Gasteiger partial charge in [0, 0.05) is 31.5 Å². The molecule has 0 fully saturated rings. The second-order valence-electron chi connectivity index (χ2n) is 10.6. The Morgan fingerprint density at radius 3 is 2.26 bits per heavy atom. The Labute approximate surface area is 229 Å². The molecule has 0 unspecified atom stereocenters. The summed E-state index contributed by atoms with van der Waals surface area (Å²) in [6.45, 7) is 6.97. The average Bonchev–Trinajstić information content (AvgIpc) is 2.92. The zero-order valence-electron chi connectivity index (χ0n) is 22.8. The topological polar surface area (TPSA) is 116 Å². The third-order valence-corrected chi connectivity index (χ3v) is 6.19. The van der Waals surface area contributed by atoms with Crippen molar-refractivity contribution in [3.05, 3.63) is 90.3 Å². The number of rotatable bonds is 10. The largest absolute Gasteiger partial charge is 0.465 e. The molecule has 9 heteroatoms. The van der Waals surface area contributed by atoms with Gasteiger partial charge in [-0.25, -0.2) is 19.7 Å². The summed E-state index contributed by atoms with van der Waals surface area (Å²) >= 11 is 0. The molecule has 1 amide bonds. The summed E-state index contributed by atoms with van der Waals surface area (Å²) in [5.41, 5.74) is 3.05. The number of amides is 1. The maximum absolute atomic E-state index is 11.3. The van der Waals surface area contributed by atoms with Crippen LogP contribution in [0.3, 0.4) is 0 Å². The first-order chi connectivity index (χ1) is 18.7. The fourth-order valence-corrected chi connectivity index (χ4v) is 4.25. The fraction of sp³-hybridized carbons (Fsp3) is 0.300. The van der Waals surface area contributed by atoms with Crippen molar-refractivity contribution in [3.8, 4) is 11.4 Å². The Morgan fingerprint density at radius 1 is 0.923 bits per heavy atom. The normalized spacial score (nSPS) is 12.0. The van der Waals surface area contributed by atoms with Gasteiger partial charge in [-0.2, -0.15) is 4.98 Å². The number of carboxylic acid groups (broad SMARTS) is 1. The fourth-order valence-electron chi connectivity index (χ4n) is 4.25. The molecule has 202 valence electrons. The molecule has 1 atom stereocenters. The molecule has 0 aliphatic carbocycles. The Kier molecular flexibility index (Phi) is 8.70. The molecular formula is C30H35N7O2. The first-order valence-electron chi connectivity index (χ1n) is 13.0. The minimum Gasteiger partial charge on any atom is -0.465 e. The molecule has 2 heterocycles. The molecule has 0 radical (unpaired) electrons. The summed E-state index contributed by atoms with van der Waals surface area (Å²) in [7, 11) is 1.91. The van der Waals surface area contributed by atoms with E-state index in [0.717, 1.165) is 28.9 Å². The van der Waals surface area contributed by atoms with Crippen LogP contribution in [0.5, 0.6) is 0 Å². The Morgan fingerprint density at radius 2 is 1.59 bits per heavy atom. The Bertz CT molecular complexity index is 1370. The van der Waals surface area contributed by atoms with Crippen LogP contribution in [0.4, 0.5) is 22.4 Å². The highest BCUT2D eigenvalue weighted by Crippen LogP contribution is 2.29. The lowest BCUT2D eigenvalue weighted by Crippen LogP contribution is -2.29. The molecule has 2 aromatic heterocycles. The second-order valence-corrected chi connectivity index (χ2v) is 10.6. The molecule has 0 saturated carbocycles. The zero-order valence-corrected chi connectivity index (χ0v) is 22.8. The molecular weight excluding hydrogens is 490 g/mol. The number of anilines is 3. The van der Waals surface area contributed by atoms with E-state index in [4.69, 9.17) is 4.98 Å². The van der Waals surface area contributed by atoms with Crippen LogP contribution in [0, 0.1) is 5.41 Å². The number of aromatic nitrogens is 4. The third-order valence-electron chi connectivity index (χ3n) is 6.19. The monoisotopic (exact) mass is 525 g/mol. The van der Waals surface area contributed by atoms with Crippen LogP contribution in [0.15, 0.2) is 79.1 Å². The molecule has 9 nitrogen and oxygen atoms in total. The van der Waals surface area contributed by atoms with Gasteiger partial charge in [-0.3, -0.25) is 0 Å². The van der Waals surface area contributed by atoms with Crippen LogP contribution in [0.2, 0.25) is 0 Å². The van der Waals surface area contributed by atoms with Crippen LogP contribution < -0.4 is 15.5 Å². The lowest BCUT2D eigenvalue weighted by molar-refractivity contribution is 0.184. The van der Waals surface area contributed by atoms with E-state index in [-0.39, 0.29) is 11.5 Å². The van der Waals surface area contributed by atoms with E-state index in [2.05, 4.69) is 46.4 Å². The molecule has 0 bridgehead atoms. The molecule has 0 spiro atoms. The van der Waals surface area contributed by atoms with E-state index in [9.17, 15) is 9.90 Å². The minimum absolute atomic E-state index is 0.00401. The number of carbonyl (C=O) groups is 1. The van der Waals surface area contributed by atoms with E-state index in [1.54, 1.807) is 12.4 Å². The quantitative estimate of drug-likeness (QED) is 0.227. The summed E-state index contributed by atoms with van der Waals surface area (Å²) in [6.07, 6.45) is 3.94. The number of hydrogen-bond acceptors (Lipinski definition) is 7. The lowest BCUT2D eigenvalue weighted by atomic mass is 9.85. The van der Waals surface area contributed by atoms with Crippen LogP contribution >= 0.6 is 0 Å². The van der Waals surface area contributed by atoms with Gasteiger partial charge in [-0.05, 0) is 41.5 Å². The van der Waals surface area contributed by atoms with Crippen molar-refractivity contribution in [1.82, 2.24) is 25.3 Å². The second kappa shape index (κ2) is 12.3. The minimum atomic E-state index is -1.01. The predicted molar refractivity (Wildman–Crippen MR) is 154 cm³/mol. The van der Waals surface area contributed by atoms with Gasteiger partial charge in [-0.15, -0.1) is 0 Å². The van der Waals surface area contributed by atoms with E-state index in [1.165, 1.54) is 0 Å². The van der Waals surface area contributed by atoms with E-state index < -0.39 is 6.09 Å². The number of benzene rings is 2. The van der Waals surface area contributed by atoms with Gasteiger partial charge in [0.25, 0.3) is 0 Å². The van der Waals surface area contributed by atoms with E-state index in [1.807, 2.05) is 78.7 Å². The number of nitrogens with zero attached hydrogens (tertiary/aromatic N) is 5. The summed E-state index contributed by atoms with van der Waals surface area (Å²) in [6, 6.07) is 21.4. The van der Waals surface area contributed by atoms with E-state index in [0.29, 0.717) is 30.6 Å². The van der Waals surface area contributed by atoms with Crippen LogP contribution in [0.1, 0.15) is 44.4 Å². The van der Waals surface area contributed by atoms with Crippen molar-refractivity contribution >= 4 is 23.7 Å². The van der Waals surface area contributed by atoms with Gasteiger partial charge in [-0.1, -0.05) is 75.4 Å². The van der Waals surface area contributed by atoms with Crippen molar-refractivity contribution in [2.45, 2.75) is 39.7 Å². The predicted octanol–water partition coefficient (Wildman–Crippen LogP) is 6.10. The standard InChI is InChI=1S/C30H35N7O2/c1-30(2,3)20-24(34-29(38)39)22-12-10-21(11-13-22)14-17-32-28-33-19-16-26(36-28)37(4)25-15-18-31-27(35-25)23-8-6-5-7-9-23/h5-13,15-16,18-19,24,34H,14,17,20H2,1-4H3,(H,38,39)(H,32,33,36)/t24-/m0/s1. The Balaban J connectivity index is 1.37. The number of hydrogen-bond donors (Lipinski definition) is 3. The van der Waals surface area contributed by atoms with Gasteiger partial charge >= 0.3 is 6.09 Å². The highest BCUT2D eigenvalue weighted by Gasteiger charge is 2.21. The van der Waals surface area contributed by atoms with Gasteiger partial charge < -0.3 is 20.6 Å². The van der Waals surface area contributed by atoms with Crippen molar-refractivity contribution in [3.63, 3.8) is 0 Å². The highest BCUT2D eigenvalue weighted by molar-refractivity contribution is 5.65. The molecule has 0 aliphatic heterocycles. The van der Waals surface area contributed by atoms with Crippen molar-refractivity contribution in [2.24, 2.45) is 5.41 Å². The summed E-state index contributed by atoms with van der Waals surface area (Å²) in [5, 5.41) is 15.2. The maximum atomic E-state index is 11.3. The lowest BCUT2D eigenvalue weighted by Gasteiger charge is -2.26. The third kappa shape index (κ3) is 7.98. The molecule has 39 heavy (non-hydrogen) atoms. The Hall–Kier alpha value is -4.53. The molecule has 0 aliphatic rings. The molecule has 0 saturated heterocycles. The molecule has 3 N–H and O–H groups in total. The van der Waals surface area contributed by atoms with Crippen LogP contribution in [0.25, 0.3) is 11.4 Å². The summed E-state index contributed by atoms with van der Waals surface area (Å²) in [4.78, 5) is 31.3.